The number of para-hydroxylation sites is 1. The topological polar surface area (TPSA) is 71.5 Å². The maximum atomic E-state index is 11.6. The molecule has 0 fully saturated rings. The number of hydrogen-bond acceptors (Lipinski definition) is 4. The van der Waals surface area contributed by atoms with Gasteiger partial charge in [-0.15, -0.1) is 0 Å². The minimum absolute atomic E-state index is 0.0764. The van der Waals surface area contributed by atoms with Gasteiger partial charge in [-0.1, -0.05) is 30.9 Å². The molecule has 0 aliphatic carbocycles. The third-order valence-corrected chi connectivity index (χ3v) is 5.18. The Morgan fingerprint density at radius 1 is 1.06 bits per heavy atom. The lowest BCUT2D eigenvalue weighted by Gasteiger charge is -2.21. The molecule has 0 radical (unpaired) electrons. The second kappa shape index (κ2) is 4.50. The number of benzene rings is 1. The summed E-state index contributed by atoms with van der Waals surface area (Å²) in [7, 11) is -7.82. The molecule has 0 spiro atoms. The summed E-state index contributed by atoms with van der Waals surface area (Å²) in [6, 6.07) is 6.24. The predicted octanol–water partition coefficient (Wildman–Crippen LogP) is 1.06. The number of nitrogens with zero attached hydrogens (tertiary/aromatic N) is 1. The van der Waals surface area contributed by atoms with Gasteiger partial charge in [-0.05, 0) is 11.6 Å². The van der Waals surface area contributed by atoms with E-state index < -0.39 is 20.0 Å². The predicted molar refractivity (Wildman–Crippen MR) is 68.7 cm³/mol. The molecule has 0 atom stereocenters. The molecule has 1 aromatic rings. The van der Waals surface area contributed by atoms with Crippen LogP contribution in [0.2, 0.25) is 0 Å². The van der Waals surface area contributed by atoms with Crippen LogP contribution in [0.25, 0.3) is 6.08 Å². The van der Waals surface area contributed by atoms with Gasteiger partial charge >= 0.3 is 0 Å². The lowest BCUT2D eigenvalue weighted by molar-refractivity contribution is 0.590. The average Bonchev–Trinajstić information content (AvgIpc) is 2.14. The van der Waals surface area contributed by atoms with E-state index in [0.717, 1.165) is 12.5 Å². The lowest BCUT2D eigenvalue weighted by Crippen LogP contribution is -2.35. The Kier molecular flexibility index (Phi) is 3.63. The SMILES string of the molecule is C=Cc1ccccc1N(S(C)(=O)=O)S(C)(=O)=O. The third-order valence-electron chi connectivity index (χ3n) is 1.96. The van der Waals surface area contributed by atoms with Crippen molar-refractivity contribution in [2.45, 2.75) is 0 Å². The van der Waals surface area contributed by atoms with E-state index in [2.05, 4.69) is 6.58 Å². The smallest absolute Gasteiger partial charge is 0.206 e. The summed E-state index contributed by atoms with van der Waals surface area (Å²) in [4.78, 5) is 0. The molecule has 0 aliphatic heterocycles. The average molecular weight is 275 g/mol. The van der Waals surface area contributed by atoms with Gasteiger partial charge in [-0.25, -0.2) is 16.8 Å². The molecule has 0 aliphatic rings. The first-order valence-electron chi connectivity index (χ1n) is 4.60. The summed E-state index contributed by atoms with van der Waals surface area (Å²) in [5, 5.41) is 0. The zero-order chi connectivity index (χ0) is 13.3. The fraction of sp³-hybridized carbons (Fsp3) is 0.200. The van der Waals surface area contributed by atoms with E-state index in [-0.39, 0.29) is 5.69 Å². The highest BCUT2D eigenvalue weighted by Crippen LogP contribution is 2.25. The summed E-state index contributed by atoms with van der Waals surface area (Å²) in [5.41, 5.74) is 0.510. The van der Waals surface area contributed by atoms with Crippen molar-refractivity contribution in [2.24, 2.45) is 0 Å². The summed E-state index contributed by atoms with van der Waals surface area (Å²) >= 11 is 0. The van der Waals surface area contributed by atoms with Gasteiger partial charge in [0.2, 0.25) is 20.0 Å². The molecule has 1 aromatic carbocycles. The van der Waals surface area contributed by atoms with Crippen LogP contribution in [0, 0.1) is 0 Å². The molecule has 0 unspecified atom stereocenters. The van der Waals surface area contributed by atoms with E-state index in [4.69, 9.17) is 0 Å². The Bertz CT molecular complexity index is 600. The lowest BCUT2D eigenvalue weighted by atomic mass is 10.2. The van der Waals surface area contributed by atoms with E-state index in [1.807, 2.05) is 0 Å². The van der Waals surface area contributed by atoms with Crippen molar-refractivity contribution in [3.63, 3.8) is 0 Å². The standard InChI is InChI=1S/C10H13NO4S2/c1-4-9-7-5-6-8-10(9)11(16(2,12)13)17(3,14)15/h4-8H,1H2,2-3H3. The van der Waals surface area contributed by atoms with Gasteiger partial charge in [-0.2, -0.15) is 3.71 Å². The van der Waals surface area contributed by atoms with Crippen LogP contribution in [0.4, 0.5) is 5.69 Å². The summed E-state index contributed by atoms with van der Waals surface area (Å²) < 4.78 is 46.6. The second-order valence-electron chi connectivity index (χ2n) is 3.49. The van der Waals surface area contributed by atoms with E-state index >= 15 is 0 Å². The summed E-state index contributed by atoms with van der Waals surface area (Å²) in [6.07, 6.45) is 3.08. The van der Waals surface area contributed by atoms with Crippen LogP contribution in [0.3, 0.4) is 0 Å². The molecule has 1 rings (SSSR count). The Labute approximate surface area is 101 Å². The number of rotatable bonds is 4. The van der Waals surface area contributed by atoms with Crippen molar-refractivity contribution >= 4 is 31.8 Å². The molecule has 0 heterocycles. The highest BCUT2D eigenvalue weighted by atomic mass is 32.3. The number of hydrogen-bond donors (Lipinski definition) is 0. The van der Waals surface area contributed by atoms with Gasteiger partial charge in [0.25, 0.3) is 0 Å². The van der Waals surface area contributed by atoms with E-state index in [0.29, 0.717) is 9.27 Å². The van der Waals surface area contributed by atoms with Crippen molar-refractivity contribution in [3.8, 4) is 0 Å². The van der Waals surface area contributed by atoms with Crippen molar-refractivity contribution < 1.29 is 16.8 Å². The molecule has 94 valence electrons. The molecule has 0 N–H and O–H groups in total. The van der Waals surface area contributed by atoms with Gasteiger partial charge in [0.1, 0.15) is 0 Å². The monoisotopic (exact) mass is 275 g/mol. The molecular weight excluding hydrogens is 262 g/mol. The molecule has 0 saturated carbocycles. The highest BCUT2D eigenvalue weighted by Gasteiger charge is 2.28. The van der Waals surface area contributed by atoms with E-state index in [1.165, 1.54) is 12.1 Å². The van der Waals surface area contributed by atoms with Crippen LogP contribution in [0.15, 0.2) is 30.8 Å². The molecule has 0 amide bonds. The van der Waals surface area contributed by atoms with E-state index in [1.54, 1.807) is 18.2 Å². The first kappa shape index (κ1) is 13.7. The molecule has 7 heteroatoms. The van der Waals surface area contributed by atoms with Crippen LogP contribution in [0.1, 0.15) is 5.56 Å². The van der Waals surface area contributed by atoms with Crippen molar-refractivity contribution in [3.05, 3.63) is 36.4 Å². The number of sulfonamides is 2. The Hall–Kier alpha value is -1.34. The Morgan fingerprint density at radius 2 is 1.53 bits per heavy atom. The molecule has 0 aromatic heterocycles. The van der Waals surface area contributed by atoms with Crippen LogP contribution in [0.5, 0.6) is 0 Å². The van der Waals surface area contributed by atoms with Crippen molar-refractivity contribution in [1.29, 1.82) is 0 Å². The van der Waals surface area contributed by atoms with Gasteiger partial charge in [0.15, 0.2) is 0 Å². The number of anilines is 1. The first-order valence-corrected chi connectivity index (χ1v) is 8.29. The zero-order valence-electron chi connectivity index (χ0n) is 9.49. The van der Waals surface area contributed by atoms with Gasteiger partial charge in [0.05, 0.1) is 18.2 Å². The van der Waals surface area contributed by atoms with Crippen LogP contribution >= 0.6 is 0 Å². The summed E-state index contributed by atoms with van der Waals surface area (Å²) in [6.45, 7) is 3.52. The van der Waals surface area contributed by atoms with Crippen molar-refractivity contribution in [2.75, 3.05) is 16.2 Å². The normalized spacial score (nSPS) is 12.1. The highest BCUT2D eigenvalue weighted by molar-refractivity contribution is 8.09. The van der Waals surface area contributed by atoms with Crippen LogP contribution in [-0.2, 0) is 20.0 Å². The molecular formula is C10H13NO4S2. The van der Waals surface area contributed by atoms with E-state index in [9.17, 15) is 16.8 Å². The quantitative estimate of drug-likeness (QED) is 0.823. The fourth-order valence-corrected chi connectivity index (χ4v) is 4.44. The van der Waals surface area contributed by atoms with Gasteiger partial charge in [-0.3, -0.25) is 0 Å². The first-order chi connectivity index (χ1) is 7.68. The molecule has 0 bridgehead atoms. The zero-order valence-corrected chi connectivity index (χ0v) is 11.1. The van der Waals surface area contributed by atoms with Gasteiger partial charge in [0, 0.05) is 0 Å². The maximum Gasteiger partial charge on any atom is 0.245 e. The minimum atomic E-state index is -3.91. The Morgan fingerprint density at radius 3 is 1.94 bits per heavy atom. The second-order valence-corrected chi connectivity index (χ2v) is 7.38. The molecule has 17 heavy (non-hydrogen) atoms. The van der Waals surface area contributed by atoms with Crippen molar-refractivity contribution in [1.82, 2.24) is 0 Å². The van der Waals surface area contributed by atoms with Crippen LogP contribution in [-0.4, -0.2) is 29.3 Å². The summed E-state index contributed by atoms with van der Waals surface area (Å²) in [5.74, 6) is 0. The minimum Gasteiger partial charge on any atom is -0.206 e. The van der Waals surface area contributed by atoms with Gasteiger partial charge < -0.3 is 0 Å². The maximum absolute atomic E-state index is 11.6. The molecule has 5 nitrogen and oxygen atoms in total. The third kappa shape index (κ3) is 3.07. The largest absolute Gasteiger partial charge is 0.245 e. The van der Waals surface area contributed by atoms with Crippen LogP contribution < -0.4 is 3.71 Å². The molecule has 0 saturated heterocycles. The fourth-order valence-electron chi connectivity index (χ4n) is 1.43. The Balaban J connectivity index is 3.61.